The molecule has 0 bridgehead atoms. The van der Waals surface area contributed by atoms with Crippen molar-refractivity contribution in [3.8, 4) is 0 Å². The Kier molecular flexibility index (Phi) is 6.43. The number of aromatic nitrogens is 5. The Balaban J connectivity index is 1.92. The highest BCUT2D eigenvalue weighted by Gasteiger charge is 2.18. The minimum Gasteiger partial charge on any atom is -0.383 e. The van der Waals surface area contributed by atoms with E-state index in [0.29, 0.717) is 6.61 Å². The average Bonchev–Trinajstić information content (AvgIpc) is 3.12. The number of aryl methyl sites for hydroxylation is 2. The van der Waals surface area contributed by atoms with Gasteiger partial charge >= 0.3 is 0 Å². The van der Waals surface area contributed by atoms with E-state index in [2.05, 4.69) is 30.9 Å². The number of hydrogen-bond donors (Lipinski definition) is 4. The van der Waals surface area contributed by atoms with Crippen LogP contribution in [0.3, 0.4) is 0 Å². The lowest BCUT2D eigenvalue weighted by Gasteiger charge is -2.20. The van der Waals surface area contributed by atoms with Crippen molar-refractivity contribution in [3.05, 3.63) is 29.6 Å². The van der Waals surface area contributed by atoms with Crippen molar-refractivity contribution >= 4 is 34.3 Å². The van der Waals surface area contributed by atoms with E-state index in [1.807, 2.05) is 43.8 Å². The summed E-state index contributed by atoms with van der Waals surface area (Å²) in [7, 11) is 1.58. The van der Waals surface area contributed by atoms with Crippen LogP contribution < -0.4 is 22.1 Å². The predicted molar refractivity (Wildman–Crippen MR) is 115 cm³/mol. The first-order valence-corrected chi connectivity index (χ1v) is 9.62. The van der Waals surface area contributed by atoms with Gasteiger partial charge in [0.15, 0.2) is 11.5 Å². The molecular formula is C19H27N9O2. The molecule has 2 atom stereocenters. The molecule has 11 nitrogen and oxygen atoms in total. The molecule has 6 N–H and O–H groups in total. The van der Waals surface area contributed by atoms with Crippen LogP contribution in [0.5, 0.6) is 0 Å². The van der Waals surface area contributed by atoms with Crippen LogP contribution in [0, 0.1) is 6.92 Å². The Morgan fingerprint density at radius 1 is 1.33 bits per heavy atom. The number of primary amides is 1. The SMILES string of the molecule is CCn1cc2cc(Nc3nc(NC(C)[C@@H](N)COC)nnc3C(N)=O)cc(C)c2n1. The molecule has 3 aromatic rings. The van der Waals surface area contributed by atoms with E-state index in [-0.39, 0.29) is 29.5 Å². The number of anilines is 3. The molecular weight excluding hydrogens is 386 g/mol. The van der Waals surface area contributed by atoms with Gasteiger partial charge in [-0.2, -0.15) is 10.1 Å². The van der Waals surface area contributed by atoms with Gasteiger partial charge in [0, 0.05) is 43.0 Å². The van der Waals surface area contributed by atoms with E-state index in [0.717, 1.165) is 28.7 Å². The zero-order chi connectivity index (χ0) is 21.8. The highest BCUT2D eigenvalue weighted by molar-refractivity contribution is 5.96. The van der Waals surface area contributed by atoms with Crippen molar-refractivity contribution in [1.82, 2.24) is 25.0 Å². The monoisotopic (exact) mass is 413 g/mol. The zero-order valence-electron chi connectivity index (χ0n) is 17.5. The van der Waals surface area contributed by atoms with Crippen molar-refractivity contribution in [2.45, 2.75) is 39.4 Å². The molecule has 0 spiro atoms. The molecule has 0 fully saturated rings. The van der Waals surface area contributed by atoms with E-state index in [9.17, 15) is 4.79 Å². The summed E-state index contributed by atoms with van der Waals surface area (Å²) in [5.41, 5.74) is 14.1. The van der Waals surface area contributed by atoms with Gasteiger partial charge in [0.1, 0.15) is 0 Å². The third-order valence-corrected chi connectivity index (χ3v) is 4.71. The summed E-state index contributed by atoms with van der Waals surface area (Å²) in [6.45, 7) is 7.03. The molecule has 1 amide bonds. The lowest BCUT2D eigenvalue weighted by Crippen LogP contribution is -2.41. The first-order valence-electron chi connectivity index (χ1n) is 9.62. The van der Waals surface area contributed by atoms with Crippen molar-refractivity contribution in [2.24, 2.45) is 11.5 Å². The number of carbonyl (C=O) groups excluding carboxylic acids is 1. The largest absolute Gasteiger partial charge is 0.383 e. The van der Waals surface area contributed by atoms with Crippen LogP contribution in [0.4, 0.5) is 17.5 Å². The van der Waals surface area contributed by atoms with E-state index in [1.165, 1.54) is 0 Å². The highest BCUT2D eigenvalue weighted by Crippen LogP contribution is 2.25. The zero-order valence-corrected chi connectivity index (χ0v) is 17.5. The molecule has 0 saturated heterocycles. The maximum Gasteiger partial charge on any atom is 0.273 e. The molecule has 0 aliphatic carbocycles. The number of carbonyl (C=O) groups is 1. The molecule has 160 valence electrons. The number of benzene rings is 1. The average molecular weight is 413 g/mol. The van der Waals surface area contributed by atoms with E-state index >= 15 is 0 Å². The standard InChI is InChI=1S/C19H27N9O2/c1-5-28-8-12-7-13(6-10(2)15(12)27-28)23-18-16(17(21)29)25-26-19(24-18)22-11(3)14(20)9-30-4/h6-8,11,14H,5,9,20H2,1-4H3,(H2,21,29)(H2,22,23,24,26)/t11?,14-/m0/s1. The smallest absolute Gasteiger partial charge is 0.273 e. The van der Waals surface area contributed by atoms with E-state index in [1.54, 1.807) is 7.11 Å². The Hall–Kier alpha value is -3.31. The fraction of sp³-hybridized carbons (Fsp3) is 0.421. The molecule has 0 saturated carbocycles. The molecule has 1 unspecified atom stereocenters. The third-order valence-electron chi connectivity index (χ3n) is 4.71. The molecule has 3 rings (SSSR count). The summed E-state index contributed by atoms with van der Waals surface area (Å²) in [4.78, 5) is 16.2. The third kappa shape index (κ3) is 4.63. The Labute approximate surface area is 174 Å². The summed E-state index contributed by atoms with van der Waals surface area (Å²) in [6, 6.07) is 3.40. The topological polar surface area (TPSA) is 159 Å². The van der Waals surface area contributed by atoms with Gasteiger partial charge in [-0.3, -0.25) is 9.48 Å². The van der Waals surface area contributed by atoms with Gasteiger partial charge in [0.05, 0.1) is 12.1 Å². The van der Waals surface area contributed by atoms with Crippen LogP contribution in [0.15, 0.2) is 18.3 Å². The minimum atomic E-state index is -0.732. The van der Waals surface area contributed by atoms with Gasteiger partial charge < -0.3 is 26.8 Å². The molecule has 1 aromatic carbocycles. The summed E-state index contributed by atoms with van der Waals surface area (Å²) in [5, 5.41) is 19.6. The molecule has 11 heteroatoms. The number of hydrogen-bond acceptors (Lipinski definition) is 9. The molecule has 0 radical (unpaired) electrons. The first kappa shape index (κ1) is 21.4. The van der Waals surface area contributed by atoms with Crippen LogP contribution in [0.2, 0.25) is 0 Å². The lowest BCUT2D eigenvalue weighted by molar-refractivity contribution is 0.0995. The second-order valence-electron chi connectivity index (χ2n) is 7.09. The number of nitrogens with zero attached hydrogens (tertiary/aromatic N) is 5. The number of methoxy groups -OCH3 is 1. The second kappa shape index (κ2) is 9.01. The number of rotatable bonds is 9. The number of ether oxygens (including phenoxy) is 1. The maximum atomic E-state index is 11.8. The van der Waals surface area contributed by atoms with Crippen molar-refractivity contribution in [3.63, 3.8) is 0 Å². The number of nitrogens with one attached hydrogen (secondary N) is 2. The van der Waals surface area contributed by atoms with Crippen molar-refractivity contribution in [1.29, 1.82) is 0 Å². The summed E-state index contributed by atoms with van der Waals surface area (Å²) >= 11 is 0. The first-order chi connectivity index (χ1) is 14.3. The minimum absolute atomic E-state index is 0.0589. The molecule has 2 heterocycles. The summed E-state index contributed by atoms with van der Waals surface area (Å²) in [6.07, 6.45) is 1.96. The van der Waals surface area contributed by atoms with Gasteiger partial charge in [-0.15, -0.1) is 10.2 Å². The number of fused-ring (bicyclic) bond motifs is 1. The van der Waals surface area contributed by atoms with Crippen LogP contribution >= 0.6 is 0 Å². The molecule has 2 aromatic heterocycles. The lowest BCUT2D eigenvalue weighted by atomic mass is 10.1. The highest BCUT2D eigenvalue weighted by atomic mass is 16.5. The van der Waals surface area contributed by atoms with Gasteiger partial charge in [-0.1, -0.05) is 0 Å². The fourth-order valence-corrected chi connectivity index (χ4v) is 3.02. The summed E-state index contributed by atoms with van der Waals surface area (Å²) in [5.74, 6) is -0.308. The molecule has 0 aliphatic rings. The Morgan fingerprint density at radius 2 is 2.10 bits per heavy atom. The van der Waals surface area contributed by atoms with E-state index < -0.39 is 5.91 Å². The number of nitrogens with two attached hydrogens (primary N) is 2. The van der Waals surface area contributed by atoms with Crippen molar-refractivity contribution in [2.75, 3.05) is 24.4 Å². The maximum absolute atomic E-state index is 11.8. The molecule has 30 heavy (non-hydrogen) atoms. The van der Waals surface area contributed by atoms with E-state index in [4.69, 9.17) is 16.2 Å². The van der Waals surface area contributed by atoms with Crippen LogP contribution in [0.25, 0.3) is 10.9 Å². The molecule has 0 aliphatic heterocycles. The van der Waals surface area contributed by atoms with Crippen LogP contribution in [-0.4, -0.2) is 56.7 Å². The second-order valence-corrected chi connectivity index (χ2v) is 7.09. The Bertz CT molecular complexity index is 1050. The quantitative estimate of drug-likeness (QED) is 0.404. The van der Waals surface area contributed by atoms with Crippen LogP contribution in [0.1, 0.15) is 29.9 Å². The van der Waals surface area contributed by atoms with Crippen molar-refractivity contribution < 1.29 is 9.53 Å². The number of amides is 1. The normalized spacial score (nSPS) is 13.2. The predicted octanol–water partition coefficient (Wildman–Crippen LogP) is 1.17. The van der Waals surface area contributed by atoms with Gasteiger partial charge in [0.2, 0.25) is 5.95 Å². The Morgan fingerprint density at radius 3 is 2.77 bits per heavy atom. The fourth-order valence-electron chi connectivity index (χ4n) is 3.02. The summed E-state index contributed by atoms with van der Waals surface area (Å²) < 4.78 is 6.94. The van der Waals surface area contributed by atoms with Gasteiger partial charge in [0.25, 0.3) is 5.91 Å². The van der Waals surface area contributed by atoms with Gasteiger partial charge in [-0.25, -0.2) is 0 Å². The van der Waals surface area contributed by atoms with Gasteiger partial charge in [-0.05, 0) is 38.5 Å². The van der Waals surface area contributed by atoms with Crippen LogP contribution in [-0.2, 0) is 11.3 Å².